The molecule has 348 valence electrons. The lowest BCUT2D eigenvalue weighted by atomic mass is 9.72. The van der Waals surface area contributed by atoms with Crippen molar-refractivity contribution in [3.05, 3.63) is 124 Å². The number of halogens is 1. The molecule has 2 fully saturated rings. The number of esters is 1. The molecule has 4 heterocycles. The average molecular weight is 910 g/mol. The second-order valence-corrected chi connectivity index (χ2v) is 22.2. The van der Waals surface area contributed by atoms with Gasteiger partial charge >= 0.3 is 5.97 Å². The zero-order valence-electron chi connectivity index (χ0n) is 40.3. The fourth-order valence-corrected chi connectivity index (χ4v) is 10.5. The molecule has 0 unspecified atom stereocenters. The largest absolute Gasteiger partial charge is 0.456 e. The van der Waals surface area contributed by atoms with Crippen molar-refractivity contribution in [2.45, 2.75) is 92.6 Å². The Morgan fingerprint density at radius 1 is 0.697 bits per heavy atom. The van der Waals surface area contributed by atoms with E-state index in [1.807, 2.05) is 69.4 Å². The van der Waals surface area contributed by atoms with Crippen LogP contribution in [0, 0.1) is 10.8 Å². The summed E-state index contributed by atoms with van der Waals surface area (Å²) in [4.78, 5) is 31.3. The number of rotatable bonds is 11. The van der Waals surface area contributed by atoms with E-state index < -0.39 is 11.6 Å². The van der Waals surface area contributed by atoms with E-state index in [1.165, 1.54) is 47.2 Å². The third-order valence-corrected chi connectivity index (χ3v) is 14.5. The Labute approximate surface area is 397 Å². The van der Waals surface area contributed by atoms with Crippen molar-refractivity contribution in [3.8, 4) is 11.5 Å². The van der Waals surface area contributed by atoms with Gasteiger partial charge in [-0.2, -0.15) is 0 Å². The van der Waals surface area contributed by atoms with Crippen LogP contribution < -0.4 is 14.5 Å². The van der Waals surface area contributed by atoms with Crippen molar-refractivity contribution in [2.75, 3.05) is 75.2 Å². The number of nitrogens with one attached hydrogen (secondary N) is 1. The van der Waals surface area contributed by atoms with Gasteiger partial charge in [0.1, 0.15) is 28.3 Å². The highest BCUT2D eigenvalue weighted by Gasteiger charge is 2.32. The van der Waals surface area contributed by atoms with Gasteiger partial charge in [0.25, 0.3) is 0 Å². The minimum atomic E-state index is -0.630. The molecule has 66 heavy (non-hydrogen) atoms. The van der Waals surface area contributed by atoms with Crippen LogP contribution in [-0.4, -0.2) is 96.8 Å². The highest BCUT2D eigenvalue weighted by Crippen LogP contribution is 2.45. The van der Waals surface area contributed by atoms with E-state index >= 15 is 0 Å². The number of anilines is 2. The van der Waals surface area contributed by atoms with Gasteiger partial charge in [-0.3, -0.25) is 9.80 Å². The second kappa shape index (κ2) is 18.9. The van der Waals surface area contributed by atoms with Crippen LogP contribution in [-0.2, 0) is 4.74 Å². The van der Waals surface area contributed by atoms with E-state index in [0.717, 1.165) is 106 Å². The maximum Gasteiger partial charge on any atom is 0.342 e. The lowest BCUT2D eigenvalue weighted by molar-refractivity contribution is 0.00671. The molecule has 2 aromatic heterocycles. The number of hydrogen-bond acceptors (Lipinski definition) is 8. The molecule has 0 radical (unpaired) electrons. The third kappa shape index (κ3) is 11.0. The number of pyridine rings is 1. The van der Waals surface area contributed by atoms with Crippen LogP contribution in [0.15, 0.2) is 102 Å². The molecular formula is C56H69ClN6O3. The summed E-state index contributed by atoms with van der Waals surface area (Å²) in [6, 6.07) is 27.8. The predicted octanol–water partition coefficient (Wildman–Crippen LogP) is 12.5. The van der Waals surface area contributed by atoms with Gasteiger partial charge in [0.15, 0.2) is 0 Å². The molecule has 4 aliphatic rings. The second-order valence-electron chi connectivity index (χ2n) is 21.8. The van der Waals surface area contributed by atoms with Crippen molar-refractivity contribution in [2.24, 2.45) is 10.8 Å². The van der Waals surface area contributed by atoms with Gasteiger partial charge in [-0.1, -0.05) is 74.7 Å². The zero-order chi connectivity index (χ0) is 46.2. The van der Waals surface area contributed by atoms with Crippen LogP contribution in [0.3, 0.4) is 0 Å². The number of allylic oxidation sites excluding steroid dienone is 2. The van der Waals surface area contributed by atoms with Crippen LogP contribution >= 0.6 is 11.6 Å². The van der Waals surface area contributed by atoms with E-state index in [9.17, 15) is 4.79 Å². The Kier molecular flexibility index (Phi) is 13.2. The number of piperazine rings is 2. The lowest BCUT2D eigenvalue weighted by Gasteiger charge is -2.40. The minimum absolute atomic E-state index is 0.276. The number of benzene rings is 3. The topological polar surface area (TPSA) is 77.2 Å². The molecule has 5 aromatic rings. The Morgan fingerprint density at radius 3 is 1.79 bits per heavy atom. The quantitative estimate of drug-likeness (QED) is 0.131. The van der Waals surface area contributed by atoms with E-state index in [4.69, 9.17) is 21.1 Å². The van der Waals surface area contributed by atoms with E-state index in [1.54, 1.807) is 17.3 Å². The maximum absolute atomic E-state index is 13.4. The van der Waals surface area contributed by atoms with Gasteiger partial charge in [0.2, 0.25) is 0 Å². The van der Waals surface area contributed by atoms with Gasteiger partial charge in [-0.05, 0) is 141 Å². The molecule has 0 spiro atoms. The molecule has 2 aliphatic heterocycles. The third-order valence-electron chi connectivity index (χ3n) is 14.3. The molecule has 1 N–H and O–H groups in total. The molecule has 0 amide bonds. The average Bonchev–Trinajstić information content (AvgIpc) is 3.76. The molecular weight excluding hydrogens is 840 g/mol. The van der Waals surface area contributed by atoms with Gasteiger partial charge in [0.05, 0.1) is 6.20 Å². The van der Waals surface area contributed by atoms with E-state index in [0.29, 0.717) is 22.5 Å². The first-order chi connectivity index (χ1) is 31.5. The van der Waals surface area contributed by atoms with Crippen molar-refractivity contribution in [1.29, 1.82) is 0 Å². The first kappa shape index (κ1) is 46.0. The number of H-pyrrole nitrogens is 1. The number of carbonyl (C=O) groups is 1. The molecule has 2 saturated heterocycles. The fraction of sp³-hybridized carbons (Fsp3) is 0.464. The van der Waals surface area contributed by atoms with Gasteiger partial charge in [0, 0.05) is 99.5 Å². The van der Waals surface area contributed by atoms with Gasteiger partial charge in [-0.25, -0.2) is 9.78 Å². The monoisotopic (exact) mass is 909 g/mol. The Balaban J connectivity index is 0.843. The van der Waals surface area contributed by atoms with Gasteiger partial charge < -0.3 is 24.3 Å². The summed E-state index contributed by atoms with van der Waals surface area (Å²) in [5.74, 6) is 0.628. The summed E-state index contributed by atoms with van der Waals surface area (Å²) < 4.78 is 12.2. The number of aromatic nitrogens is 2. The molecule has 10 heteroatoms. The van der Waals surface area contributed by atoms with Crippen LogP contribution in [0.1, 0.15) is 108 Å². The number of ether oxygens (including phenoxy) is 2. The summed E-state index contributed by atoms with van der Waals surface area (Å²) in [6.45, 7) is 25.3. The Hall–Kier alpha value is -5.09. The highest BCUT2D eigenvalue weighted by atomic mass is 35.5. The van der Waals surface area contributed by atoms with Crippen molar-refractivity contribution in [3.63, 3.8) is 0 Å². The first-order valence-corrected chi connectivity index (χ1v) is 24.6. The van der Waals surface area contributed by atoms with E-state index in [2.05, 4.69) is 93.7 Å². The van der Waals surface area contributed by atoms with Crippen molar-refractivity contribution >= 4 is 51.1 Å². The molecule has 0 saturated carbocycles. The minimum Gasteiger partial charge on any atom is -0.456 e. The number of aromatic amines is 1. The fourth-order valence-electron chi connectivity index (χ4n) is 10.4. The normalized spacial score (nSPS) is 19.7. The zero-order valence-corrected chi connectivity index (χ0v) is 41.1. The Morgan fingerprint density at radius 2 is 1.23 bits per heavy atom. The number of hydrogen-bond donors (Lipinski definition) is 1. The Bertz CT molecular complexity index is 2590. The number of nitrogens with zero attached hydrogens (tertiary/aromatic N) is 5. The maximum atomic E-state index is 13.4. The highest BCUT2D eigenvalue weighted by molar-refractivity contribution is 6.30. The first-order valence-electron chi connectivity index (χ1n) is 24.2. The van der Waals surface area contributed by atoms with Crippen LogP contribution in [0.5, 0.6) is 11.5 Å². The molecule has 3 aromatic carbocycles. The number of carbonyl (C=O) groups excluding carboxylic acids is 1. The summed E-state index contributed by atoms with van der Waals surface area (Å²) in [5, 5.41) is 1.74. The summed E-state index contributed by atoms with van der Waals surface area (Å²) in [5.41, 5.74) is 12.5. The SMILES string of the molecule is CC1(C)CCC(CN2CCN(c3ccc(C4=C(CN5CCN(c6ccc(C(=O)OC(C)(C)C)c(Oc7cnc8[nH]ccc8c7)c6)CC5)CCC(C)(C)C4)cc3)CC2)=C(c2ccc(Cl)cc2)C1. The summed E-state index contributed by atoms with van der Waals surface area (Å²) in [7, 11) is 0. The summed E-state index contributed by atoms with van der Waals surface area (Å²) in [6.07, 6.45) is 10.5. The molecule has 9 rings (SSSR count). The molecule has 2 aliphatic carbocycles. The van der Waals surface area contributed by atoms with Crippen LogP contribution in [0.4, 0.5) is 11.4 Å². The van der Waals surface area contributed by atoms with E-state index in [-0.39, 0.29) is 5.41 Å². The summed E-state index contributed by atoms with van der Waals surface area (Å²) >= 11 is 6.28. The van der Waals surface area contributed by atoms with Crippen molar-refractivity contribution < 1.29 is 14.3 Å². The molecule has 9 nitrogen and oxygen atoms in total. The predicted molar refractivity (Wildman–Crippen MR) is 272 cm³/mol. The number of fused-ring (bicyclic) bond motifs is 1. The molecule has 0 bridgehead atoms. The molecule has 0 atom stereocenters. The smallest absolute Gasteiger partial charge is 0.342 e. The standard InChI is InChI=1S/C56H69ClN6O3/c1-54(2,3)66-53(64)48-17-16-46(33-51(48)65-47-32-41-20-23-58-52(41)59-36-47)63-30-26-61(27-31-63)38-43-19-22-56(6,7)35-50(43)40-10-14-45(15-11-40)62-28-24-60(25-29-62)37-42-18-21-55(4,5)34-49(42)39-8-12-44(57)13-9-39/h8-17,20,23,32-33,36H,18-19,21-22,24-31,34-35,37-38H2,1-7H3,(H,58,59). The van der Waals surface area contributed by atoms with Crippen molar-refractivity contribution in [1.82, 2.24) is 19.8 Å². The lowest BCUT2D eigenvalue weighted by Crippen LogP contribution is -2.47. The van der Waals surface area contributed by atoms with Gasteiger partial charge in [-0.15, -0.1) is 0 Å². The van der Waals surface area contributed by atoms with Crippen LogP contribution in [0.25, 0.3) is 22.2 Å². The van der Waals surface area contributed by atoms with Crippen LogP contribution in [0.2, 0.25) is 5.02 Å².